The van der Waals surface area contributed by atoms with Crippen molar-refractivity contribution in [2.75, 3.05) is 54.2 Å². The highest BCUT2D eigenvalue weighted by molar-refractivity contribution is 6.08. The predicted molar refractivity (Wildman–Crippen MR) is 624 cm³/mol. The number of ether oxygens (including phenoxy) is 6. The van der Waals surface area contributed by atoms with Crippen molar-refractivity contribution in [3.05, 3.63) is 129 Å². The molecule has 0 aliphatic carbocycles. The number of unbranched alkanes of at least 4 members (excludes halogenated alkanes) is 52. The highest BCUT2D eigenvalue weighted by Crippen LogP contribution is 2.49. The first-order valence-corrected chi connectivity index (χ1v) is 60.1. The van der Waals surface area contributed by atoms with Crippen molar-refractivity contribution in [3.63, 3.8) is 0 Å². The van der Waals surface area contributed by atoms with Crippen molar-refractivity contribution >= 4 is 44.1 Å². The third-order valence-electron chi connectivity index (χ3n) is 31.2. The van der Waals surface area contributed by atoms with Crippen LogP contribution < -0.4 is 9.47 Å². The number of methoxy groups -OCH3 is 2. The number of benzene rings is 6. The molecule has 0 unspecified atom stereocenters. The lowest BCUT2D eigenvalue weighted by atomic mass is 9.77. The van der Waals surface area contributed by atoms with Gasteiger partial charge >= 0.3 is 0 Å². The van der Waals surface area contributed by atoms with E-state index < -0.39 is 0 Å². The summed E-state index contributed by atoms with van der Waals surface area (Å²) in [6, 6.07) is 33.1. The van der Waals surface area contributed by atoms with Crippen LogP contribution in [0.25, 0.3) is 112 Å². The number of H-pyrrole nitrogens is 2. The number of aryl methyl sites for hydroxylation is 4. The minimum atomic E-state index is -0.300. The molecule has 2 N–H and O–H groups in total. The first kappa shape index (κ1) is 118. The van der Waals surface area contributed by atoms with E-state index in [2.05, 4.69) is 206 Å². The summed E-state index contributed by atoms with van der Waals surface area (Å²) in [5.41, 5.74) is 19.9. The highest BCUT2D eigenvalue weighted by Gasteiger charge is 2.33. The molecular weight excluding hydrogens is 1790 g/mol. The monoisotopic (exact) mass is 2000 g/mol. The molecule has 0 fully saturated rings. The van der Waals surface area contributed by atoms with E-state index in [0.29, 0.717) is 61.0 Å². The molecule has 11 rings (SSSR count). The van der Waals surface area contributed by atoms with Crippen LogP contribution in [-0.2, 0) is 66.3 Å². The maximum Gasteiger partial charge on any atom is 0.189 e. The molecule has 14 nitrogen and oxygen atoms in total. The number of rotatable bonds is 74. The van der Waals surface area contributed by atoms with E-state index in [0.717, 1.165) is 162 Å². The Morgan fingerprint density at radius 2 is 0.452 bits per heavy atom. The van der Waals surface area contributed by atoms with E-state index in [9.17, 15) is 0 Å². The predicted octanol–water partition coefficient (Wildman–Crippen LogP) is 39.5. The molecule has 0 spiro atoms. The zero-order valence-corrected chi connectivity index (χ0v) is 95.9. The quantitative estimate of drug-likeness (QED) is 0.0274. The maximum atomic E-state index is 6.78. The number of nitrogens with zero attached hydrogens (tertiary/aromatic N) is 6. The normalized spacial score (nSPS) is 12.5. The maximum absolute atomic E-state index is 6.78. The lowest BCUT2D eigenvalue weighted by Gasteiger charge is -2.30. The summed E-state index contributed by atoms with van der Waals surface area (Å²) in [7, 11) is 3.40. The average molecular weight is 2000 g/mol. The Bertz CT molecular complexity index is 5420. The molecule has 14 heteroatoms. The van der Waals surface area contributed by atoms with E-state index >= 15 is 0 Å². The summed E-state index contributed by atoms with van der Waals surface area (Å²) in [5, 5.41) is 3.97. The Morgan fingerprint density at radius 3 is 0.726 bits per heavy atom. The Hall–Kier alpha value is -7.88. The van der Waals surface area contributed by atoms with Crippen LogP contribution in [0.15, 0.2) is 84.9 Å². The summed E-state index contributed by atoms with van der Waals surface area (Å²) in [5.74, 6) is 4.19. The molecule has 8 bridgehead atoms. The second-order valence-corrected chi connectivity index (χ2v) is 48.0. The molecule has 0 radical (unpaired) electrons. The van der Waals surface area contributed by atoms with Gasteiger partial charge in [-0.05, 0) is 190 Å². The standard InChI is InChI=1S/C132H202N8O6/c1-19-23-27-31-35-39-43-47-51-55-59-63-67-71-75-99-87-111-112(88-100(99)76-72-68-64-60-56-52-48-44-40-36-32-28-24-20-2)127-138-125(111)136-122-107-81-79-103(105-93-115(129(5,6)7)119(116(94-105)130(8,9)10)145-97-143-85-83-141-17)91-109(107)123(134-122)133-121-108-82-80-104(106-95-117(131(11,12)13)120(118(96-106)132(14,15)16)146-98-144-86-84-142-18)92-110(108)124(135-121)137-126-113-89-101(77-73-69-65-61-57-53-49-45-41-37-33-29-25-21-3)102(90-114(113)128(139-126)140-127)78-74-70-66-62-58-54-50-46-42-38-34-30-26-22-4/h79-82,87-96H,19-78,83-86,97-98H2,1-18H3,(H2,133,134,135,136,137,138,139,140). The number of fused-ring (bicyclic) bond motifs is 20. The molecule has 9 aromatic rings. The van der Waals surface area contributed by atoms with E-state index in [-0.39, 0.29) is 35.2 Å². The van der Waals surface area contributed by atoms with Gasteiger partial charge < -0.3 is 38.4 Å². The van der Waals surface area contributed by atoms with Gasteiger partial charge in [0.15, 0.2) is 36.9 Å². The first-order valence-electron chi connectivity index (χ1n) is 60.1. The largest absolute Gasteiger partial charge is 0.467 e. The number of aromatic amines is 2. The van der Waals surface area contributed by atoms with Crippen molar-refractivity contribution in [2.24, 2.45) is 0 Å². The van der Waals surface area contributed by atoms with Gasteiger partial charge in [-0.3, -0.25) is 0 Å². The summed E-state index contributed by atoms with van der Waals surface area (Å²) < 4.78 is 36.4. The Balaban J connectivity index is 1.10. The fourth-order valence-electron chi connectivity index (χ4n) is 22.1. The molecule has 6 aromatic carbocycles. The third-order valence-corrected chi connectivity index (χ3v) is 31.2. The van der Waals surface area contributed by atoms with Gasteiger partial charge in [0.1, 0.15) is 34.1 Å². The summed E-state index contributed by atoms with van der Waals surface area (Å²) in [6.07, 6.45) is 78.9. The van der Waals surface area contributed by atoms with Crippen molar-refractivity contribution in [2.45, 2.75) is 518 Å². The van der Waals surface area contributed by atoms with E-state index in [1.807, 2.05) is 0 Å². The van der Waals surface area contributed by atoms with Crippen LogP contribution in [0.4, 0.5) is 0 Å². The third kappa shape index (κ3) is 37.9. The zero-order valence-electron chi connectivity index (χ0n) is 95.9. The summed E-state index contributed by atoms with van der Waals surface area (Å²) in [6.45, 7) is 38.7. The Kier molecular flexibility index (Phi) is 51.4. The van der Waals surface area contributed by atoms with Gasteiger partial charge in [0.2, 0.25) is 0 Å². The summed E-state index contributed by atoms with van der Waals surface area (Å²) >= 11 is 0. The van der Waals surface area contributed by atoms with E-state index in [1.165, 1.54) is 356 Å². The Morgan fingerprint density at radius 1 is 0.219 bits per heavy atom. The van der Waals surface area contributed by atoms with Gasteiger partial charge in [0, 0.05) is 80.3 Å². The van der Waals surface area contributed by atoms with Gasteiger partial charge in [-0.15, -0.1) is 0 Å². The van der Waals surface area contributed by atoms with Crippen LogP contribution in [0, 0.1) is 0 Å². The number of aromatic nitrogens is 8. The van der Waals surface area contributed by atoms with Gasteiger partial charge in [-0.1, -0.05) is 457 Å². The molecular formula is C132H202N8O6. The number of hydrogen-bond acceptors (Lipinski definition) is 12. The first-order chi connectivity index (χ1) is 70.8. The minimum Gasteiger partial charge on any atom is -0.467 e. The van der Waals surface area contributed by atoms with Crippen molar-refractivity contribution in [1.29, 1.82) is 0 Å². The smallest absolute Gasteiger partial charge is 0.189 e. The van der Waals surface area contributed by atoms with Gasteiger partial charge in [0.05, 0.1) is 26.4 Å². The molecule has 0 amide bonds. The summed E-state index contributed by atoms with van der Waals surface area (Å²) in [4.78, 5) is 43.5. The van der Waals surface area contributed by atoms with Gasteiger partial charge in [0.25, 0.3) is 0 Å². The molecule has 2 aliphatic heterocycles. The van der Waals surface area contributed by atoms with E-state index in [1.54, 1.807) is 14.2 Å². The molecule has 0 saturated heterocycles. The second kappa shape index (κ2) is 63.4. The van der Waals surface area contributed by atoms with Crippen molar-refractivity contribution in [1.82, 2.24) is 39.9 Å². The second-order valence-electron chi connectivity index (χ2n) is 48.0. The van der Waals surface area contributed by atoms with Crippen LogP contribution in [-0.4, -0.2) is 94.1 Å². The van der Waals surface area contributed by atoms with Crippen LogP contribution in [0.2, 0.25) is 0 Å². The molecule has 3 aromatic heterocycles. The highest BCUT2D eigenvalue weighted by atomic mass is 16.7. The molecule has 146 heavy (non-hydrogen) atoms. The van der Waals surface area contributed by atoms with Gasteiger partial charge in [-0.2, -0.15) is 0 Å². The fraction of sp³-hybridized carbons (Fsp3) is 0.667. The van der Waals surface area contributed by atoms with Crippen molar-refractivity contribution in [3.8, 4) is 79.3 Å². The Labute approximate surface area is 887 Å². The molecule has 806 valence electrons. The van der Waals surface area contributed by atoms with Crippen LogP contribution in [0.5, 0.6) is 11.5 Å². The fourth-order valence-corrected chi connectivity index (χ4v) is 22.1. The van der Waals surface area contributed by atoms with Gasteiger partial charge in [-0.25, -0.2) is 29.9 Å². The SMILES string of the molecule is CCCCCCCCCCCCCCCCc1cc2c(cc1CCCCCCCCCCCCCCCC)-c1nc-2nc2[nH]c(nc3nc(nc4[nH]c(n1)c1cc(CCCCCCCCCCCCCCCC)c(CCCCCCCCCCCCCCCC)cc41)-c1cc(-c4cc(C(C)(C)C)c(OCOCCOC)c(C(C)(C)C)c4)ccc1-3)c1cc(-c3cc(C(C)(C)C)c(OCOCCOC)c(C(C)(C)C)c3)ccc21. The van der Waals surface area contributed by atoms with Crippen molar-refractivity contribution < 1.29 is 28.4 Å². The van der Waals surface area contributed by atoms with Crippen LogP contribution in [0.1, 0.15) is 515 Å². The average Bonchev–Trinajstić information content (AvgIpc) is 0.894. The number of hydrogen-bond donors (Lipinski definition) is 2. The lowest BCUT2D eigenvalue weighted by Crippen LogP contribution is -2.21. The van der Waals surface area contributed by atoms with Crippen LogP contribution in [0.3, 0.4) is 0 Å². The number of nitrogens with one attached hydrogen (secondary N) is 2. The topological polar surface area (TPSA) is 164 Å². The minimum absolute atomic E-state index is 0.113. The van der Waals surface area contributed by atoms with Crippen LogP contribution >= 0.6 is 0 Å². The lowest BCUT2D eigenvalue weighted by molar-refractivity contribution is -0.0100. The zero-order chi connectivity index (χ0) is 104. The molecule has 0 atom stereocenters. The van der Waals surface area contributed by atoms with E-state index in [4.69, 9.17) is 58.3 Å². The molecule has 5 heterocycles. The molecule has 2 aliphatic rings. The molecule has 0 saturated carbocycles.